The molecular weight excluding hydrogens is 418 g/mol. The van der Waals surface area contributed by atoms with Gasteiger partial charge in [0.1, 0.15) is 18.3 Å². The van der Waals surface area contributed by atoms with E-state index >= 15 is 0 Å². The smallest absolute Gasteiger partial charge is 0.352 e. The van der Waals surface area contributed by atoms with Gasteiger partial charge in [0, 0.05) is 32.3 Å². The molecule has 0 bridgehead atoms. The fourth-order valence-electron chi connectivity index (χ4n) is 4.89. The SMILES string of the molecule is CC(=O)N[C@@H]1[C@@H](O)[C@@H]2OC3(CCCCC3)O[C@@H]2[C@H]1OC(=O)[C@@H](OC(C)=O)c1ccccc1. The molecule has 3 fully saturated rings. The summed E-state index contributed by atoms with van der Waals surface area (Å²) in [4.78, 5) is 36.6. The molecule has 174 valence electrons. The van der Waals surface area contributed by atoms with Crippen molar-refractivity contribution in [3.05, 3.63) is 35.9 Å². The fraction of sp³-hybridized carbons (Fsp3) is 0.609. The lowest BCUT2D eigenvalue weighted by atomic mass is 9.94. The van der Waals surface area contributed by atoms with Crippen molar-refractivity contribution in [1.82, 2.24) is 5.32 Å². The van der Waals surface area contributed by atoms with Crippen molar-refractivity contribution in [2.75, 3.05) is 0 Å². The molecule has 0 unspecified atom stereocenters. The van der Waals surface area contributed by atoms with Crippen LogP contribution >= 0.6 is 0 Å². The van der Waals surface area contributed by atoms with Crippen molar-refractivity contribution in [1.29, 1.82) is 0 Å². The van der Waals surface area contributed by atoms with E-state index in [0.717, 1.165) is 19.3 Å². The first-order chi connectivity index (χ1) is 15.3. The normalized spacial score (nSPS) is 31.5. The molecule has 1 saturated heterocycles. The maximum atomic E-state index is 13.1. The molecule has 4 rings (SSSR count). The molecule has 1 aromatic rings. The van der Waals surface area contributed by atoms with E-state index in [9.17, 15) is 19.5 Å². The number of carbonyl (C=O) groups is 3. The Labute approximate surface area is 186 Å². The number of hydrogen-bond donors (Lipinski definition) is 2. The summed E-state index contributed by atoms with van der Waals surface area (Å²) in [5, 5.41) is 13.6. The number of carbonyl (C=O) groups excluding carboxylic acids is 3. The highest BCUT2D eigenvalue weighted by molar-refractivity contribution is 5.80. The first-order valence-corrected chi connectivity index (χ1v) is 11.0. The first-order valence-electron chi connectivity index (χ1n) is 11.0. The zero-order valence-electron chi connectivity index (χ0n) is 18.2. The van der Waals surface area contributed by atoms with Crippen LogP contribution < -0.4 is 5.32 Å². The van der Waals surface area contributed by atoms with Crippen molar-refractivity contribution in [2.45, 2.75) is 88.3 Å². The van der Waals surface area contributed by atoms with Crippen LogP contribution in [0.5, 0.6) is 0 Å². The Hall–Kier alpha value is -2.49. The number of aliphatic hydroxyl groups is 1. The Balaban J connectivity index is 1.58. The Morgan fingerprint density at radius 2 is 1.72 bits per heavy atom. The Kier molecular flexibility index (Phi) is 6.50. The van der Waals surface area contributed by atoms with Crippen molar-refractivity contribution < 1.29 is 38.4 Å². The van der Waals surface area contributed by atoms with Gasteiger partial charge in [-0.15, -0.1) is 0 Å². The summed E-state index contributed by atoms with van der Waals surface area (Å²) in [7, 11) is 0. The van der Waals surface area contributed by atoms with Gasteiger partial charge in [-0.3, -0.25) is 9.59 Å². The van der Waals surface area contributed by atoms with E-state index in [0.29, 0.717) is 18.4 Å². The van der Waals surface area contributed by atoms with Gasteiger partial charge in [0.2, 0.25) is 12.0 Å². The lowest BCUT2D eigenvalue weighted by molar-refractivity contribution is -0.220. The first kappa shape index (κ1) is 22.7. The van der Waals surface area contributed by atoms with Gasteiger partial charge in [0.25, 0.3) is 0 Å². The monoisotopic (exact) mass is 447 g/mol. The van der Waals surface area contributed by atoms with Crippen molar-refractivity contribution >= 4 is 17.8 Å². The summed E-state index contributed by atoms with van der Waals surface area (Å²) in [6.07, 6.45) is -0.550. The average molecular weight is 447 g/mol. The predicted octanol–water partition coefficient (Wildman–Crippen LogP) is 1.53. The lowest BCUT2D eigenvalue weighted by Gasteiger charge is -2.35. The van der Waals surface area contributed by atoms with Crippen LogP contribution in [0.15, 0.2) is 30.3 Å². The Morgan fingerprint density at radius 1 is 1.06 bits per heavy atom. The third-order valence-corrected chi connectivity index (χ3v) is 6.25. The third-order valence-electron chi connectivity index (χ3n) is 6.25. The van der Waals surface area contributed by atoms with Crippen LogP contribution in [0.25, 0.3) is 0 Å². The number of ether oxygens (including phenoxy) is 4. The molecular formula is C23H29NO8. The summed E-state index contributed by atoms with van der Waals surface area (Å²) in [5.41, 5.74) is 0.450. The number of rotatable bonds is 5. The Morgan fingerprint density at radius 3 is 2.34 bits per heavy atom. The van der Waals surface area contributed by atoms with Gasteiger partial charge in [0.05, 0.1) is 6.04 Å². The Bertz CT molecular complexity index is 853. The number of hydrogen-bond acceptors (Lipinski definition) is 8. The van der Waals surface area contributed by atoms with Gasteiger partial charge < -0.3 is 29.4 Å². The van der Waals surface area contributed by atoms with E-state index in [1.54, 1.807) is 30.3 Å². The summed E-state index contributed by atoms with van der Waals surface area (Å²) in [5.74, 6) is -2.65. The highest BCUT2D eigenvalue weighted by Crippen LogP contribution is 2.46. The highest BCUT2D eigenvalue weighted by Gasteiger charge is 2.63. The standard InChI is InChI=1S/C23H29NO8/c1-13(25)24-16-17(27)20-21(32-23(31-20)11-7-4-8-12-23)19(16)30-22(28)18(29-14(2)26)15-9-5-3-6-10-15/h3,5-6,9-10,16-21,27H,4,7-8,11-12H2,1-2H3,(H,24,25)/t16-,17-,18+,19+,20+,21-/m1/s1. The molecule has 3 aliphatic rings. The molecule has 6 atom stereocenters. The summed E-state index contributed by atoms with van der Waals surface area (Å²) in [6, 6.07) is 7.60. The molecule has 2 N–H and O–H groups in total. The maximum absolute atomic E-state index is 13.1. The van der Waals surface area contributed by atoms with E-state index in [2.05, 4.69) is 5.32 Å². The van der Waals surface area contributed by atoms with Gasteiger partial charge in [-0.1, -0.05) is 36.8 Å². The number of benzene rings is 1. The van der Waals surface area contributed by atoms with Gasteiger partial charge in [-0.05, 0) is 12.8 Å². The zero-order valence-corrected chi connectivity index (χ0v) is 18.2. The number of fused-ring (bicyclic) bond motifs is 1. The average Bonchev–Trinajstić information content (AvgIpc) is 3.22. The zero-order chi connectivity index (χ0) is 22.9. The van der Waals surface area contributed by atoms with E-state index in [-0.39, 0.29) is 5.91 Å². The molecule has 2 saturated carbocycles. The molecule has 0 radical (unpaired) electrons. The summed E-state index contributed by atoms with van der Waals surface area (Å²) >= 11 is 0. The molecule has 0 aromatic heterocycles. The van der Waals surface area contributed by atoms with Crippen LogP contribution in [0.1, 0.15) is 57.6 Å². The minimum absolute atomic E-state index is 0.387. The third kappa shape index (κ3) is 4.51. The minimum Gasteiger partial charge on any atom is -0.454 e. The van der Waals surface area contributed by atoms with E-state index in [1.807, 2.05) is 0 Å². The van der Waals surface area contributed by atoms with Crippen molar-refractivity contribution in [2.24, 2.45) is 0 Å². The second kappa shape index (κ2) is 9.17. The maximum Gasteiger partial charge on any atom is 0.352 e. The fourth-order valence-corrected chi connectivity index (χ4v) is 4.89. The van der Waals surface area contributed by atoms with Crippen LogP contribution in [0.2, 0.25) is 0 Å². The molecule has 32 heavy (non-hydrogen) atoms. The highest BCUT2D eigenvalue weighted by atomic mass is 16.8. The molecule has 1 amide bonds. The molecule has 1 aliphatic heterocycles. The largest absolute Gasteiger partial charge is 0.454 e. The van der Waals surface area contributed by atoms with Crippen molar-refractivity contribution in [3.8, 4) is 0 Å². The van der Waals surface area contributed by atoms with E-state index in [1.165, 1.54) is 13.8 Å². The molecule has 1 heterocycles. The van der Waals surface area contributed by atoms with Crippen LogP contribution in [0.4, 0.5) is 0 Å². The van der Waals surface area contributed by atoms with Crippen molar-refractivity contribution in [3.63, 3.8) is 0 Å². The number of esters is 2. The molecule has 1 spiro atoms. The van der Waals surface area contributed by atoms with Gasteiger partial charge >= 0.3 is 11.9 Å². The van der Waals surface area contributed by atoms with Crippen LogP contribution in [-0.4, -0.2) is 59.2 Å². The number of nitrogens with one attached hydrogen (secondary N) is 1. The minimum atomic E-state index is -1.28. The molecule has 1 aromatic carbocycles. The summed E-state index contributed by atoms with van der Waals surface area (Å²) < 4.78 is 23.4. The second-order valence-corrected chi connectivity index (χ2v) is 8.65. The van der Waals surface area contributed by atoms with Crippen LogP contribution in [-0.2, 0) is 33.3 Å². The van der Waals surface area contributed by atoms with Gasteiger partial charge in [-0.2, -0.15) is 0 Å². The van der Waals surface area contributed by atoms with Gasteiger partial charge in [-0.25, -0.2) is 4.79 Å². The molecule has 9 nitrogen and oxygen atoms in total. The van der Waals surface area contributed by atoms with Gasteiger partial charge in [0.15, 0.2) is 11.9 Å². The topological polar surface area (TPSA) is 120 Å². The van der Waals surface area contributed by atoms with Crippen LogP contribution in [0.3, 0.4) is 0 Å². The number of aliphatic hydroxyl groups excluding tert-OH is 1. The molecule has 2 aliphatic carbocycles. The predicted molar refractivity (Wildman–Crippen MR) is 110 cm³/mol. The van der Waals surface area contributed by atoms with Crippen LogP contribution in [0, 0.1) is 0 Å². The summed E-state index contributed by atoms with van der Waals surface area (Å²) in [6.45, 7) is 2.52. The van der Waals surface area contributed by atoms with E-state index in [4.69, 9.17) is 18.9 Å². The van der Waals surface area contributed by atoms with E-state index < -0.39 is 54.3 Å². The quantitative estimate of drug-likeness (QED) is 0.652. The number of amides is 1. The second-order valence-electron chi connectivity index (χ2n) is 8.65. The lowest BCUT2D eigenvalue weighted by Crippen LogP contribution is -2.51. The molecule has 9 heteroatoms.